The van der Waals surface area contributed by atoms with Gasteiger partial charge in [-0.1, -0.05) is 12.8 Å². The van der Waals surface area contributed by atoms with E-state index in [4.69, 9.17) is 15.0 Å². The van der Waals surface area contributed by atoms with Gasteiger partial charge in [0.15, 0.2) is 17.4 Å². The van der Waals surface area contributed by atoms with Crippen LogP contribution in [0.3, 0.4) is 0 Å². The number of imidazole rings is 1. The molecule has 15 heteroatoms. The summed E-state index contributed by atoms with van der Waals surface area (Å²) in [6, 6.07) is 0. The molecule has 0 aliphatic carbocycles. The molecule has 0 bridgehead atoms. The summed E-state index contributed by atoms with van der Waals surface area (Å²) in [6.07, 6.45) is 0.962. The fraction of sp³-hybridized carbons (Fsp3) is 0.688. The van der Waals surface area contributed by atoms with Crippen LogP contribution in [0.4, 0.5) is 5.95 Å². The van der Waals surface area contributed by atoms with Gasteiger partial charge in [-0.2, -0.15) is 4.98 Å². The third-order valence-electron chi connectivity index (χ3n) is 5.09. The van der Waals surface area contributed by atoms with Gasteiger partial charge in [0.1, 0.15) is 18.3 Å². The number of hydrogen-bond acceptors (Lipinski definition) is 11. The molecule has 5 N–H and O–H groups in total. The fourth-order valence-electron chi connectivity index (χ4n) is 3.58. The molecular formula is C16H24N6NaO7P. The molecule has 13 nitrogen and oxygen atoms in total. The van der Waals surface area contributed by atoms with E-state index in [0.29, 0.717) is 13.1 Å². The van der Waals surface area contributed by atoms with Crippen molar-refractivity contribution < 1.29 is 57.9 Å². The van der Waals surface area contributed by atoms with Crippen LogP contribution in [0.25, 0.3) is 11.2 Å². The summed E-state index contributed by atoms with van der Waals surface area (Å²) in [4.78, 5) is 35.0. The minimum atomic E-state index is -4.49. The number of ether oxygens (including phenoxy) is 1. The van der Waals surface area contributed by atoms with E-state index in [9.17, 15) is 19.4 Å². The van der Waals surface area contributed by atoms with E-state index in [1.807, 2.05) is 0 Å². The number of aromatic amines is 1. The Kier molecular flexibility index (Phi) is 8.30. The average Bonchev–Trinajstić information content (AvgIpc) is 3.25. The zero-order valence-corrected chi connectivity index (χ0v) is 20.0. The second-order valence-corrected chi connectivity index (χ2v) is 8.60. The third kappa shape index (κ3) is 5.38. The largest absolute Gasteiger partial charge is 1.00 e. The SMILES string of the molecule is NCCCCCCNc1nc2c(ncn2[C@@H]2O[C@@H]3COP(=O)([O-])O[C@H]3[C@H]2O)c(=O)[nH]1.[Na+]. The summed E-state index contributed by atoms with van der Waals surface area (Å²) in [5, 5.41) is 13.6. The predicted molar refractivity (Wildman–Crippen MR) is 103 cm³/mol. The molecule has 0 saturated carbocycles. The Bertz CT molecular complexity index is 1000. The number of nitrogens with two attached hydrogens (primary N) is 1. The standard InChI is InChI=1S/C16H25N6O7P.Na/c17-5-3-1-2-4-6-18-16-20-13-10(14(24)21-16)19-8-22(13)15-11(23)12-9(28-15)7-27-30(25,26)29-12;/h8-9,11-12,15,23H,1-7,17H2,(H,25,26)(H2,18,20,21,24);/q;+1/p-1/t9-,11-,12-,15-;/m1./s1. The van der Waals surface area contributed by atoms with Crippen molar-refractivity contribution in [2.75, 3.05) is 25.0 Å². The minimum Gasteiger partial charge on any atom is -0.756 e. The van der Waals surface area contributed by atoms with Crippen molar-refractivity contribution in [2.24, 2.45) is 5.73 Å². The number of fused-ring (bicyclic) bond motifs is 2. The van der Waals surface area contributed by atoms with Crippen LogP contribution in [0.2, 0.25) is 0 Å². The second kappa shape index (κ2) is 10.4. The zero-order valence-electron chi connectivity index (χ0n) is 17.1. The van der Waals surface area contributed by atoms with Crippen LogP contribution in [0.15, 0.2) is 11.1 Å². The van der Waals surface area contributed by atoms with Crippen LogP contribution in [0, 0.1) is 0 Å². The fourth-order valence-corrected chi connectivity index (χ4v) is 4.53. The maximum absolute atomic E-state index is 12.4. The minimum absolute atomic E-state index is 0. The summed E-state index contributed by atoms with van der Waals surface area (Å²) < 4.78 is 28.1. The van der Waals surface area contributed by atoms with Gasteiger partial charge >= 0.3 is 29.6 Å². The van der Waals surface area contributed by atoms with Crippen molar-refractivity contribution in [2.45, 2.75) is 50.2 Å². The molecule has 2 aliphatic heterocycles. The van der Waals surface area contributed by atoms with Gasteiger partial charge in [-0.25, -0.2) is 4.98 Å². The van der Waals surface area contributed by atoms with Crippen LogP contribution < -0.4 is 51.1 Å². The molecule has 2 aliphatic rings. The van der Waals surface area contributed by atoms with Gasteiger partial charge in [-0.3, -0.25) is 18.9 Å². The van der Waals surface area contributed by atoms with Crippen molar-refractivity contribution in [3.63, 3.8) is 0 Å². The molecule has 2 fully saturated rings. The Hall–Kier alpha value is -0.860. The van der Waals surface area contributed by atoms with Crippen LogP contribution in [0.5, 0.6) is 0 Å². The van der Waals surface area contributed by atoms with Crippen LogP contribution in [-0.4, -0.2) is 62.6 Å². The Morgan fingerprint density at radius 3 is 2.94 bits per heavy atom. The normalized spacial score (nSPS) is 30.2. The number of nitrogens with zero attached hydrogens (tertiary/aromatic N) is 3. The van der Waals surface area contributed by atoms with Crippen molar-refractivity contribution in [1.29, 1.82) is 0 Å². The van der Waals surface area contributed by atoms with Gasteiger partial charge in [-0.05, 0) is 19.4 Å². The molecule has 4 rings (SSSR count). The Balaban J connectivity index is 0.00000272. The number of phosphoric ester groups is 1. The molecule has 2 aromatic rings. The number of anilines is 1. The maximum atomic E-state index is 12.4. The number of hydrogen-bond donors (Lipinski definition) is 4. The van der Waals surface area contributed by atoms with Gasteiger partial charge in [0.25, 0.3) is 13.4 Å². The molecule has 166 valence electrons. The van der Waals surface area contributed by atoms with E-state index in [1.54, 1.807) is 0 Å². The first-order valence-corrected chi connectivity index (χ1v) is 11.2. The quantitative estimate of drug-likeness (QED) is 0.170. The van der Waals surface area contributed by atoms with Crippen LogP contribution in [0.1, 0.15) is 31.9 Å². The first-order valence-electron chi connectivity index (χ1n) is 9.78. The molecular weight excluding hydrogens is 442 g/mol. The van der Waals surface area contributed by atoms with Crippen molar-refractivity contribution >= 4 is 24.9 Å². The molecule has 5 atom stereocenters. The topological polar surface area (TPSA) is 190 Å². The van der Waals surface area contributed by atoms with Gasteiger partial charge in [0.05, 0.1) is 12.9 Å². The zero-order chi connectivity index (χ0) is 21.3. The number of phosphoric acid groups is 1. The monoisotopic (exact) mass is 466 g/mol. The number of H-pyrrole nitrogens is 1. The van der Waals surface area contributed by atoms with Gasteiger partial charge in [0, 0.05) is 6.54 Å². The number of aliphatic hydroxyl groups is 1. The summed E-state index contributed by atoms with van der Waals surface area (Å²) >= 11 is 0. The molecule has 2 saturated heterocycles. The molecule has 0 aromatic carbocycles. The predicted octanol–water partition coefficient (Wildman–Crippen LogP) is -3.80. The van der Waals surface area contributed by atoms with E-state index in [1.165, 1.54) is 10.9 Å². The Morgan fingerprint density at radius 1 is 1.39 bits per heavy atom. The molecule has 0 spiro atoms. The van der Waals surface area contributed by atoms with E-state index in [-0.39, 0.29) is 53.3 Å². The molecule has 31 heavy (non-hydrogen) atoms. The van der Waals surface area contributed by atoms with Gasteiger partial charge in [0.2, 0.25) is 5.95 Å². The van der Waals surface area contributed by atoms with Gasteiger partial charge in [-0.15, -0.1) is 0 Å². The molecule has 1 unspecified atom stereocenters. The first kappa shape index (κ1) is 24.8. The Labute approximate surface area is 199 Å². The summed E-state index contributed by atoms with van der Waals surface area (Å²) in [5.41, 5.74) is 5.29. The second-order valence-electron chi connectivity index (χ2n) is 7.24. The number of aromatic nitrogens is 4. The van der Waals surface area contributed by atoms with Crippen LogP contribution >= 0.6 is 7.82 Å². The summed E-state index contributed by atoms with van der Waals surface area (Å²) in [5.74, 6) is 0.265. The summed E-state index contributed by atoms with van der Waals surface area (Å²) in [6.45, 7) is 1.02. The molecule has 0 amide bonds. The average molecular weight is 466 g/mol. The maximum Gasteiger partial charge on any atom is 1.00 e. The third-order valence-corrected chi connectivity index (χ3v) is 6.05. The number of rotatable bonds is 8. The van der Waals surface area contributed by atoms with Crippen molar-refractivity contribution in [3.05, 3.63) is 16.7 Å². The van der Waals surface area contributed by atoms with Crippen molar-refractivity contribution in [3.8, 4) is 0 Å². The first-order chi connectivity index (χ1) is 14.4. The van der Waals surface area contributed by atoms with Gasteiger partial charge < -0.3 is 34.8 Å². The smallest absolute Gasteiger partial charge is 0.756 e. The molecule has 4 heterocycles. The van der Waals surface area contributed by atoms with E-state index >= 15 is 0 Å². The number of nitrogens with one attached hydrogen (secondary N) is 2. The molecule has 2 aromatic heterocycles. The summed E-state index contributed by atoms with van der Waals surface area (Å²) in [7, 11) is -4.49. The molecule has 0 radical (unpaired) electrons. The van der Waals surface area contributed by atoms with Crippen LogP contribution in [-0.2, 0) is 18.3 Å². The van der Waals surface area contributed by atoms with E-state index < -0.39 is 37.9 Å². The number of aliphatic hydroxyl groups excluding tert-OH is 1. The van der Waals surface area contributed by atoms with E-state index in [0.717, 1.165) is 25.7 Å². The number of unbranched alkanes of at least 4 members (excludes halogenated alkanes) is 3. The van der Waals surface area contributed by atoms with Crippen molar-refractivity contribution in [1.82, 2.24) is 19.5 Å². The van der Waals surface area contributed by atoms with E-state index in [2.05, 4.69) is 24.8 Å². The Morgan fingerprint density at radius 2 is 2.16 bits per heavy atom.